The molecule has 0 aromatic rings. The largest absolute Gasteiger partial charge is 0.352 e. The van der Waals surface area contributed by atoms with Crippen LogP contribution in [0.1, 0.15) is 20.8 Å². The quantitative estimate of drug-likeness (QED) is 0.610. The van der Waals surface area contributed by atoms with Gasteiger partial charge in [-0.25, -0.2) is 4.79 Å². The molecule has 4 N–H and O–H groups in total. The van der Waals surface area contributed by atoms with Crippen molar-refractivity contribution < 1.29 is 9.59 Å². The average Bonchev–Trinajstić information content (AvgIpc) is 2.24. The first kappa shape index (κ1) is 13.8. The second kappa shape index (κ2) is 5.35. The molecule has 98 valence electrons. The highest BCUT2D eigenvalue weighted by Crippen LogP contribution is 2.21. The first-order valence-electron chi connectivity index (χ1n) is 5.88. The topological polar surface area (TPSA) is 87.5 Å². The van der Waals surface area contributed by atoms with E-state index in [4.69, 9.17) is 5.73 Å². The normalized spacial score (nSPS) is 18.6. The Hall–Kier alpha value is -1.30. The summed E-state index contributed by atoms with van der Waals surface area (Å²) < 4.78 is 0. The third-order valence-corrected chi connectivity index (χ3v) is 2.83. The van der Waals surface area contributed by atoms with Gasteiger partial charge < -0.3 is 21.3 Å². The van der Waals surface area contributed by atoms with Gasteiger partial charge >= 0.3 is 6.03 Å². The number of hydrogen-bond donors (Lipinski definition) is 3. The van der Waals surface area contributed by atoms with Crippen molar-refractivity contribution in [1.82, 2.24) is 15.5 Å². The van der Waals surface area contributed by atoms with Crippen LogP contribution in [0.25, 0.3) is 0 Å². The van der Waals surface area contributed by atoms with Gasteiger partial charge in [0.1, 0.15) is 6.04 Å². The van der Waals surface area contributed by atoms with Gasteiger partial charge in [0.05, 0.1) is 0 Å². The van der Waals surface area contributed by atoms with E-state index in [9.17, 15) is 9.59 Å². The molecule has 1 atom stereocenters. The molecule has 1 fully saturated rings. The first-order chi connectivity index (χ1) is 7.82. The molecule has 1 saturated heterocycles. The minimum atomic E-state index is -0.659. The van der Waals surface area contributed by atoms with Gasteiger partial charge in [-0.2, -0.15) is 0 Å². The van der Waals surface area contributed by atoms with Gasteiger partial charge in [-0.15, -0.1) is 0 Å². The van der Waals surface area contributed by atoms with Crippen LogP contribution in [0.4, 0.5) is 4.79 Å². The Morgan fingerprint density at radius 3 is 2.24 bits per heavy atom. The number of carbonyl (C=O) groups excluding carboxylic acids is 2. The van der Waals surface area contributed by atoms with Crippen molar-refractivity contribution in [2.24, 2.45) is 11.1 Å². The number of nitrogens with two attached hydrogens (primary N) is 1. The summed E-state index contributed by atoms with van der Waals surface area (Å²) in [6.07, 6.45) is 0. The molecule has 1 heterocycles. The average molecular weight is 242 g/mol. The van der Waals surface area contributed by atoms with Crippen LogP contribution in [-0.2, 0) is 4.79 Å². The summed E-state index contributed by atoms with van der Waals surface area (Å²) in [5.74, 6) is -0.0576. The lowest BCUT2D eigenvalue weighted by atomic mass is 9.85. The molecule has 6 nitrogen and oxygen atoms in total. The minimum absolute atomic E-state index is 0.0576. The number of rotatable bonds is 2. The van der Waals surface area contributed by atoms with E-state index in [0.29, 0.717) is 13.1 Å². The van der Waals surface area contributed by atoms with Crippen LogP contribution in [0.3, 0.4) is 0 Å². The lowest BCUT2D eigenvalue weighted by Gasteiger charge is -2.36. The van der Waals surface area contributed by atoms with E-state index in [0.717, 1.165) is 13.1 Å². The molecule has 0 aromatic carbocycles. The Balaban J connectivity index is 2.74. The van der Waals surface area contributed by atoms with Crippen LogP contribution >= 0.6 is 0 Å². The summed E-state index contributed by atoms with van der Waals surface area (Å²) in [5.41, 5.74) is 4.77. The number of carbonyl (C=O) groups is 2. The number of nitrogens with one attached hydrogen (secondary N) is 2. The highest BCUT2D eigenvalue weighted by molar-refractivity contribution is 5.87. The van der Waals surface area contributed by atoms with Crippen molar-refractivity contribution in [3.05, 3.63) is 0 Å². The second-order valence-electron chi connectivity index (χ2n) is 5.38. The maximum atomic E-state index is 12.3. The maximum absolute atomic E-state index is 12.3. The molecule has 1 unspecified atom stereocenters. The zero-order valence-corrected chi connectivity index (χ0v) is 10.7. The van der Waals surface area contributed by atoms with E-state index in [1.54, 1.807) is 4.90 Å². The Kier molecular flexibility index (Phi) is 4.34. The lowest BCUT2D eigenvalue weighted by Crippen LogP contribution is -2.58. The summed E-state index contributed by atoms with van der Waals surface area (Å²) in [7, 11) is 0. The van der Waals surface area contributed by atoms with Crippen molar-refractivity contribution in [3.8, 4) is 0 Å². The standard InChI is InChI=1S/C11H22N4O2/c1-11(2,3)8(14-10(12)17)9(16)15-6-4-13-5-7-15/h8,13H,4-7H2,1-3H3,(H3,12,14,17). The molecule has 1 aliphatic rings. The molecule has 0 aliphatic carbocycles. The van der Waals surface area contributed by atoms with Crippen LogP contribution in [0.2, 0.25) is 0 Å². The third-order valence-electron chi connectivity index (χ3n) is 2.83. The van der Waals surface area contributed by atoms with Gasteiger partial charge in [0.2, 0.25) is 5.91 Å². The van der Waals surface area contributed by atoms with E-state index in [1.165, 1.54) is 0 Å². The van der Waals surface area contributed by atoms with Crippen molar-refractivity contribution in [2.75, 3.05) is 26.2 Å². The van der Waals surface area contributed by atoms with Crippen molar-refractivity contribution in [1.29, 1.82) is 0 Å². The highest BCUT2D eigenvalue weighted by Gasteiger charge is 2.35. The van der Waals surface area contributed by atoms with Gasteiger partial charge in [-0.05, 0) is 5.41 Å². The van der Waals surface area contributed by atoms with E-state index >= 15 is 0 Å². The molecular weight excluding hydrogens is 220 g/mol. The van der Waals surface area contributed by atoms with Gasteiger partial charge in [0.25, 0.3) is 0 Å². The monoisotopic (exact) mass is 242 g/mol. The number of hydrogen-bond acceptors (Lipinski definition) is 3. The lowest BCUT2D eigenvalue weighted by molar-refractivity contribution is -0.136. The number of amides is 3. The van der Waals surface area contributed by atoms with Gasteiger partial charge in [0.15, 0.2) is 0 Å². The van der Waals surface area contributed by atoms with Gasteiger partial charge in [-0.1, -0.05) is 20.8 Å². The van der Waals surface area contributed by atoms with Crippen LogP contribution in [0.15, 0.2) is 0 Å². The third kappa shape index (κ3) is 3.89. The van der Waals surface area contributed by atoms with Crippen molar-refractivity contribution >= 4 is 11.9 Å². The van der Waals surface area contributed by atoms with Crippen molar-refractivity contribution in [2.45, 2.75) is 26.8 Å². The zero-order valence-electron chi connectivity index (χ0n) is 10.7. The van der Waals surface area contributed by atoms with Crippen LogP contribution in [0, 0.1) is 5.41 Å². The molecule has 1 rings (SSSR count). The minimum Gasteiger partial charge on any atom is -0.352 e. The fraction of sp³-hybridized carbons (Fsp3) is 0.818. The zero-order chi connectivity index (χ0) is 13.1. The van der Waals surface area contributed by atoms with Crippen molar-refractivity contribution in [3.63, 3.8) is 0 Å². The summed E-state index contributed by atoms with van der Waals surface area (Å²) in [5, 5.41) is 5.73. The Labute approximate surface area is 102 Å². The number of nitrogens with zero attached hydrogens (tertiary/aromatic N) is 1. The first-order valence-corrected chi connectivity index (χ1v) is 5.88. The molecular formula is C11H22N4O2. The fourth-order valence-corrected chi connectivity index (χ4v) is 1.86. The van der Waals surface area contributed by atoms with E-state index < -0.39 is 12.1 Å². The predicted octanol–water partition coefficient (Wildman–Crippen LogP) is -0.499. The maximum Gasteiger partial charge on any atom is 0.312 e. The smallest absolute Gasteiger partial charge is 0.312 e. The van der Waals surface area contributed by atoms with E-state index in [1.807, 2.05) is 20.8 Å². The summed E-state index contributed by atoms with van der Waals surface area (Å²) in [6.45, 7) is 8.66. The SMILES string of the molecule is CC(C)(C)C(NC(N)=O)C(=O)N1CCNCC1. The van der Waals surface area contributed by atoms with Gasteiger partial charge in [0, 0.05) is 26.2 Å². The molecule has 0 spiro atoms. The molecule has 3 amide bonds. The Bertz CT molecular complexity index is 292. The Morgan fingerprint density at radius 1 is 1.29 bits per heavy atom. The Morgan fingerprint density at radius 2 is 1.82 bits per heavy atom. The predicted molar refractivity (Wildman–Crippen MR) is 65.4 cm³/mol. The summed E-state index contributed by atoms with van der Waals surface area (Å²) in [6, 6.07) is -1.23. The molecule has 1 aliphatic heterocycles. The number of primary amides is 1. The van der Waals surface area contributed by atoms with Crippen LogP contribution in [0.5, 0.6) is 0 Å². The molecule has 17 heavy (non-hydrogen) atoms. The molecule has 0 saturated carbocycles. The van der Waals surface area contributed by atoms with E-state index in [-0.39, 0.29) is 11.3 Å². The second-order valence-corrected chi connectivity index (χ2v) is 5.38. The van der Waals surface area contributed by atoms with E-state index in [2.05, 4.69) is 10.6 Å². The van der Waals surface area contributed by atoms with Gasteiger partial charge in [-0.3, -0.25) is 4.79 Å². The number of urea groups is 1. The molecule has 6 heteroatoms. The number of piperazine rings is 1. The molecule has 0 radical (unpaired) electrons. The van der Waals surface area contributed by atoms with Crippen LogP contribution in [-0.4, -0.2) is 49.1 Å². The summed E-state index contributed by atoms with van der Waals surface area (Å²) >= 11 is 0. The highest BCUT2D eigenvalue weighted by atomic mass is 16.2. The molecule has 0 aromatic heterocycles. The molecule has 0 bridgehead atoms. The van der Waals surface area contributed by atoms with Crippen LogP contribution < -0.4 is 16.4 Å². The fourth-order valence-electron chi connectivity index (χ4n) is 1.86. The summed E-state index contributed by atoms with van der Waals surface area (Å²) in [4.78, 5) is 25.0.